The van der Waals surface area contributed by atoms with Crippen molar-refractivity contribution in [2.45, 2.75) is 79.1 Å². The van der Waals surface area contributed by atoms with E-state index in [9.17, 15) is 15.0 Å². The Hall–Kier alpha value is -0.830. The molecule has 0 amide bonds. The molecule has 2 N–H and O–H groups in total. The Bertz CT molecular complexity index is 738. The molecule has 4 fully saturated rings. The Morgan fingerprint density at radius 1 is 1.14 bits per heavy atom. The summed E-state index contributed by atoms with van der Waals surface area (Å²) in [5, 5.41) is 20.7. The lowest BCUT2D eigenvalue weighted by Gasteiger charge is -2.55. The second-order valence-electron chi connectivity index (χ2n) is 12.1. The van der Waals surface area contributed by atoms with E-state index in [0.29, 0.717) is 40.6 Å². The first-order valence-corrected chi connectivity index (χ1v) is 11.7. The van der Waals surface area contributed by atoms with Crippen LogP contribution in [0.25, 0.3) is 0 Å². The molecular weight excluding hydrogens is 348 g/mol. The molecule has 0 heterocycles. The fourth-order valence-electron chi connectivity index (χ4n) is 9.07. The number of hydrogen-bond donors (Lipinski definition) is 2. The molecule has 0 aromatic carbocycles. The summed E-state index contributed by atoms with van der Waals surface area (Å²) < 4.78 is 0. The molecule has 4 saturated carbocycles. The minimum absolute atomic E-state index is 0.0841. The zero-order valence-electron chi connectivity index (χ0n) is 18.1. The maximum Gasteiger partial charge on any atom is 0.331 e. The van der Waals surface area contributed by atoms with Gasteiger partial charge >= 0.3 is 5.97 Å². The van der Waals surface area contributed by atoms with Gasteiger partial charge in [0.05, 0.1) is 0 Å². The van der Waals surface area contributed by atoms with Crippen molar-refractivity contribution in [3.8, 4) is 0 Å². The minimum Gasteiger partial charge on any atom is -0.478 e. The Kier molecular flexibility index (Phi) is 4.01. The highest BCUT2D eigenvalue weighted by Crippen LogP contribution is 2.77. The molecule has 5 rings (SSSR count). The van der Waals surface area contributed by atoms with Gasteiger partial charge in [-0.2, -0.15) is 0 Å². The predicted molar refractivity (Wildman–Crippen MR) is 110 cm³/mol. The monoisotopic (exact) mass is 386 g/mol. The van der Waals surface area contributed by atoms with Crippen LogP contribution in [0.3, 0.4) is 0 Å². The Labute approximate surface area is 170 Å². The molecule has 0 aromatic heterocycles. The lowest BCUT2D eigenvalue weighted by molar-refractivity contribution is -0.132. The molecule has 156 valence electrons. The molecule has 0 saturated heterocycles. The van der Waals surface area contributed by atoms with Gasteiger partial charge in [-0.3, -0.25) is 0 Å². The maximum absolute atomic E-state index is 12.0. The maximum atomic E-state index is 12.0. The van der Waals surface area contributed by atoms with Crippen molar-refractivity contribution in [1.29, 1.82) is 0 Å². The minimum atomic E-state index is -0.702. The first kappa shape index (κ1) is 19.2. The molecule has 28 heavy (non-hydrogen) atoms. The Balaban J connectivity index is 1.65. The number of aliphatic hydroxyl groups is 1. The van der Waals surface area contributed by atoms with Gasteiger partial charge in [0.1, 0.15) is 0 Å². The molecule has 5 aliphatic rings. The van der Waals surface area contributed by atoms with Gasteiger partial charge in [0.25, 0.3) is 0 Å². The van der Waals surface area contributed by atoms with Crippen LogP contribution in [0.4, 0.5) is 0 Å². The van der Waals surface area contributed by atoms with Crippen LogP contribution < -0.4 is 0 Å². The predicted octanol–water partition coefficient (Wildman–Crippen LogP) is 5.28. The van der Waals surface area contributed by atoms with Crippen molar-refractivity contribution < 1.29 is 15.0 Å². The van der Waals surface area contributed by atoms with Crippen LogP contribution >= 0.6 is 0 Å². The highest BCUT2D eigenvalue weighted by Gasteiger charge is 2.71. The van der Waals surface area contributed by atoms with Crippen LogP contribution in [0, 0.1) is 51.8 Å². The van der Waals surface area contributed by atoms with E-state index in [1.807, 2.05) is 0 Å². The third-order valence-electron chi connectivity index (χ3n) is 10.6. The molecular formula is C25H38O3. The number of carboxylic acid groups (broad SMARTS) is 1. The van der Waals surface area contributed by atoms with E-state index in [0.717, 1.165) is 31.6 Å². The number of carboxylic acids is 1. The smallest absolute Gasteiger partial charge is 0.331 e. The molecule has 0 radical (unpaired) electrons. The Morgan fingerprint density at radius 3 is 2.54 bits per heavy atom. The van der Waals surface area contributed by atoms with E-state index < -0.39 is 5.97 Å². The van der Waals surface area contributed by atoms with Gasteiger partial charge in [-0.25, -0.2) is 4.79 Å². The lowest BCUT2D eigenvalue weighted by Crippen LogP contribution is -2.51. The Morgan fingerprint density at radius 2 is 1.89 bits per heavy atom. The average molecular weight is 387 g/mol. The summed E-state index contributed by atoms with van der Waals surface area (Å²) in [5.74, 6) is 3.16. The van der Waals surface area contributed by atoms with E-state index in [1.54, 1.807) is 0 Å². The molecule has 8 atom stereocenters. The van der Waals surface area contributed by atoms with Crippen LogP contribution in [0.15, 0.2) is 11.1 Å². The number of aliphatic hydroxyl groups excluding tert-OH is 1. The molecule has 3 heteroatoms. The van der Waals surface area contributed by atoms with Crippen molar-refractivity contribution in [2.24, 2.45) is 51.8 Å². The van der Waals surface area contributed by atoms with Gasteiger partial charge in [0.2, 0.25) is 0 Å². The van der Waals surface area contributed by atoms with Crippen molar-refractivity contribution in [1.82, 2.24) is 0 Å². The fraction of sp³-hybridized carbons (Fsp3) is 0.880. The highest BCUT2D eigenvalue weighted by atomic mass is 16.4. The summed E-state index contributed by atoms with van der Waals surface area (Å²) >= 11 is 0. The first-order valence-electron chi connectivity index (χ1n) is 11.7. The van der Waals surface area contributed by atoms with E-state index >= 15 is 0 Å². The fourth-order valence-corrected chi connectivity index (χ4v) is 9.07. The van der Waals surface area contributed by atoms with Crippen LogP contribution in [0.5, 0.6) is 0 Å². The molecule has 0 bridgehead atoms. The van der Waals surface area contributed by atoms with Crippen molar-refractivity contribution >= 4 is 5.97 Å². The van der Waals surface area contributed by atoms with Crippen LogP contribution in [0.1, 0.15) is 79.1 Å². The SMILES string of the molecule is CC(C)[C@H]1CC[C@@]2(C)CC[C@]3(CO)CC4=C(C(=O)O)CCC4[C@]4(C)CC4C3C12. The number of aliphatic carboxylic acids is 1. The zero-order chi connectivity index (χ0) is 20.1. The number of rotatable bonds is 3. The summed E-state index contributed by atoms with van der Waals surface area (Å²) in [6, 6.07) is 0. The van der Waals surface area contributed by atoms with E-state index in [4.69, 9.17) is 0 Å². The van der Waals surface area contributed by atoms with Crippen LogP contribution in [-0.4, -0.2) is 22.8 Å². The van der Waals surface area contributed by atoms with Crippen molar-refractivity contribution in [3.63, 3.8) is 0 Å². The van der Waals surface area contributed by atoms with Crippen molar-refractivity contribution in [3.05, 3.63) is 11.1 Å². The molecule has 0 aliphatic heterocycles. The summed E-state index contributed by atoms with van der Waals surface area (Å²) in [6.45, 7) is 10.0. The van der Waals surface area contributed by atoms with Gasteiger partial charge in [-0.15, -0.1) is 0 Å². The number of fused-ring (bicyclic) bond motifs is 7. The molecule has 5 aliphatic carbocycles. The zero-order valence-corrected chi connectivity index (χ0v) is 18.1. The summed E-state index contributed by atoms with van der Waals surface area (Å²) in [7, 11) is 0. The molecule has 0 spiro atoms. The normalized spacial score (nSPS) is 52.0. The molecule has 3 nitrogen and oxygen atoms in total. The van der Waals surface area contributed by atoms with E-state index in [2.05, 4.69) is 27.7 Å². The second-order valence-corrected chi connectivity index (χ2v) is 12.1. The largest absolute Gasteiger partial charge is 0.478 e. The summed E-state index contributed by atoms with van der Waals surface area (Å²) in [4.78, 5) is 12.0. The van der Waals surface area contributed by atoms with E-state index in [1.165, 1.54) is 31.3 Å². The number of hydrogen-bond acceptors (Lipinski definition) is 2. The van der Waals surface area contributed by atoms with Gasteiger partial charge in [0.15, 0.2) is 0 Å². The topological polar surface area (TPSA) is 57.5 Å². The quantitative estimate of drug-likeness (QED) is 0.693. The standard InChI is InChI=1S/C25H38O3/c1-14(2)15-7-8-23(3)9-10-25(13-26)11-17-16(22(27)28)5-6-18(17)24(4)12-19(24)21(25)20(15)23/h14-15,18-21,26H,5-13H2,1-4H3,(H,27,28)/t15-,18?,19?,20?,21?,23+,24+,25-/m1/s1. The third-order valence-corrected chi connectivity index (χ3v) is 10.6. The van der Waals surface area contributed by atoms with Crippen LogP contribution in [-0.2, 0) is 4.79 Å². The van der Waals surface area contributed by atoms with Gasteiger partial charge < -0.3 is 10.2 Å². The van der Waals surface area contributed by atoms with Crippen molar-refractivity contribution in [2.75, 3.05) is 6.61 Å². The second kappa shape index (κ2) is 5.86. The lowest BCUT2D eigenvalue weighted by atomic mass is 9.49. The van der Waals surface area contributed by atoms with E-state index in [-0.39, 0.29) is 17.4 Å². The summed E-state index contributed by atoms with van der Waals surface area (Å²) in [6.07, 6.45) is 8.83. The summed E-state index contributed by atoms with van der Waals surface area (Å²) in [5.41, 5.74) is 2.54. The number of allylic oxidation sites excluding steroid dienone is 1. The average Bonchev–Trinajstić information content (AvgIpc) is 2.99. The molecule has 4 unspecified atom stereocenters. The van der Waals surface area contributed by atoms with Gasteiger partial charge in [-0.1, -0.05) is 33.3 Å². The molecule has 0 aromatic rings. The van der Waals surface area contributed by atoms with Crippen LogP contribution in [0.2, 0.25) is 0 Å². The van der Waals surface area contributed by atoms with Gasteiger partial charge in [-0.05, 0) is 97.7 Å². The third kappa shape index (κ3) is 2.29. The van der Waals surface area contributed by atoms with Gasteiger partial charge in [0, 0.05) is 17.6 Å². The number of carbonyl (C=O) groups is 1. The highest BCUT2D eigenvalue weighted by molar-refractivity contribution is 5.88. The first-order chi connectivity index (χ1) is 13.2.